The van der Waals surface area contributed by atoms with Gasteiger partial charge in [0.05, 0.1) is 6.26 Å². The van der Waals surface area contributed by atoms with Crippen LogP contribution in [0.3, 0.4) is 0 Å². The summed E-state index contributed by atoms with van der Waals surface area (Å²) in [6.07, 6.45) is 6.09. The monoisotopic (exact) mass is 289 g/mol. The van der Waals surface area contributed by atoms with E-state index in [-0.39, 0.29) is 23.4 Å². The van der Waals surface area contributed by atoms with Crippen molar-refractivity contribution in [3.63, 3.8) is 0 Å². The third-order valence-corrected chi connectivity index (χ3v) is 3.92. The van der Waals surface area contributed by atoms with Crippen molar-refractivity contribution in [2.24, 2.45) is 29.6 Å². The maximum Gasteiger partial charge on any atom is 0.280 e. The molecule has 1 saturated carbocycles. The zero-order valence-corrected chi connectivity index (χ0v) is 12.0. The van der Waals surface area contributed by atoms with Gasteiger partial charge in [-0.1, -0.05) is 12.2 Å². The highest BCUT2D eigenvalue weighted by molar-refractivity contribution is 7.85. The summed E-state index contributed by atoms with van der Waals surface area (Å²) in [7, 11) is -3.38. The van der Waals surface area contributed by atoms with E-state index >= 15 is 0 Å². The molecule has 0 amide bonds. The number of ketones is 2. The summed E-state index contributed by atoms with van der Waals surface area (Å²) in [6, 6.07) is 0. The Morgan fingerprint density at radius 3 is 1.63 bits per heavy atom. The molecule has 19 heavy (non-hydrogen) atoms. The molecule has 4 atom stereocenters. The van der Waals surface area contributed by atoms with Crippen LogP contribution < -0.4 is 5.90 Å². The molecule has 0 aromatic carbocycles. The lowest BCUT2D eigenvalue weighted by Crippen LogP contribution is -2.30. The third kappa shape index (κ3) is 3.95. The number of rotatable bonds is 3. The van der Waals surface area contributed by atoms with Crippen LogP contribution >= 0.6 is 0 Å². The Hall–Kier alpha value is -1.05. The predicted octanol–water partition coefficient (Wildman–Crippen LogP) is 0.439. The van der Waals surface area contributed by atoms with Crippen LogP contribution in [-0.2, 0) is 24.0 Å². The van der Waals surface area contributed by atoms with E-state index in [0.29, 0.717) is 11.8 Å². The minimum absolute atomic E-state index is 0.0208. The molecule has 2 aliphatic rings. The fraction of sp³-hybridized carbons (Fsp3) is 0.667. The molecule has 2 bridgehead atoms. The Labute approximate surface area is 113 Å². The normalized spacial score (nSPS) is 31.8. The maximum absolute atomic E-state index is 11.4. The van der Waals surface area contributed by atoms with Gasteiger partial charge < -0.3 is 0 Å². The molecule has 0 heterocycles. The molecule has 0 aliphatic heterocycles. The number of Topliss-reactive ketones (excluding diaryl/α,β-unsaturated/α-hetero) is 2. The Kier molecular flexibility index (Phi) is 5.00. The minimum atomic E-state index is -3.38. The van der Waals surface area contributed by atoms with Crippen LogP contribution in [0.15, 0.2) is 12.2 Å². The van der Waals surface area contributed by atoms with Gasteiger partial charge in [0, 0.05) is 11.8 Å². The lowest BCUT2D eigenvalue weighted by Gasteiger charge is -2.23. The molecule has 0 aromatic heterocycles. The number of fused-ring (bicyclic) bond motifs is 2. The topological polar surface area (TPSA) is 104 Å². The van der Waals surface area contributed by atoms with Crippen LogP contribution in [0.5, 0.6) is 0 Å². The first-order valence-electron chi connectivity index (χ1n) is 5.95. The summed E-state index contributed by atoms with van der Waals surface area (Å²) in [6.45, 7) is 3.21. The van der Waals surface area contributed by atoms with Gasteiger partial charge in [-0.2, -0.15) is 18.6 Å². The average Bonchev–Trinajstić information content (AvgIpc) is 2.87. The van der Waals surface area contributed by atoms with Crippen LogP contribution in [0, 0.1) is 23.7 Å². The molecule has 2 N–H and O–H groups in total. The van der Waals surface area contributed by atoms with E-state index in [1.807, 2.05) is 0 Å². The van der Waals surface area contributed by atoms with E-state index in [2.05, 4.69) is 22.3 Å². The zero-order chi connectivity index (χ0) is 14.8. The SMILES string of the molecule is CC(=O)C1C2C=CC(C2)C1C(C)=O.CS(=O)(=O)ON. The number of allylic oxidation sites excluding steroid dienone is 2. The maximum atomic E-state index is 11.4. The number of nitrogens with two attached hydrogens (primary N) is 1. The molecule has 0 aromatic rings. The molecule has 0 radical (unpaired) electrons. The van der Waals surface area contributed by atoms with Crippen LogP contribution in [-0.4, -0.2) is 26.2 Å². The summed E-state index contributed by atoms with van der Waals surface area (Å²) < 4.78 is 22.7. The smallest absolute Gasteiger partial charge is 0.280 e. The Morgan fingerprint density at radius 2 is 1.42 bits per heavy atom. The van der Waals surface area contributed by atoms with Crippen LogP contribution in [0.25, 0.3) is 0 Å². The van der Waals surface area contributed by atoms with Gasteiger partial charge in [0.1, 0.15) is 11.6 Å². The highest BCUT2D eigenvalue weighted by Crippen LogP contribution is 2.48. The molecule has 7 heteroatoms. The highest BCUT2D eigenvalue weighted by Gasteiger charge is 2.48. The van der Waals surface area contributed by atoms with Gasteiger partial charge in [-0.05, 0) is 32.1 Å². The summed E-state index contributed by atoms with van der Waals surface area (Å²) in [4.78, 5) is 22.7. The van der Waals surface area contributed by atoms with Gasteiger partial charge in [0.2, 0.25) is 0 Å². The molecule has 6 nitrogen and oxygen atoms in total. The predicted molar refractivity (Wildman–Crippen MR) is 69.2 cm³/mol. The number of hydrogen-bond acceptors (Lipinski definition) is 6. The first-order chi connectivity index (χ1) is 8.67. The van der Waals surface area contributed by atoms with Gasteiger partial charge in [-0.15, -0.1) is 0 Å². The van der Waals surface area contributed by atoms with Crippen molar-refractivity contribution >= 4 is 21.7 Å². The quantitative estimate of drug-likeness (QED) is 0.597. The fourth-order valence-electron chi connectivity index (χ4n) is 2.93. The van der Waals surface area contributed by atoms with Gasteiger partial charge >= 0.3 is 0 Å². The highest BCUT2D eigenvalue weighted by atomic mass is 32.2. The molecular formula is C12H19NO5S. The van der Waals surface area contributed by atoms with Crippen molar-refractivity contribution in [1.82, 2.24) is 0 Å². The number of hydrogen-bond donors (Lipinski definition) is 1. The lowest BCUT2D eigenvalue weighted by atomic mass is 9.79. The number of carbonyl (C=O) groups excluding carboxylic acids is 2. The second kappa shape index (κ2) is 5.94. The third-order valence-electron chi connectivity index (χ3n) is 3.57. The second-order valence-electron chi connectivity index (χ2n) is 5.02. The van der Waals surface area contributed by atoms with Crippen molar-refractivity contribution in [2.75, 3.05) is 6.26 Å². The van der Waals surface area contributed by atoms with E-state index < -0.39 is 10.1 Å². The standard InChI is InChI=1S/C11H14O2.CH5NO3S/c1-6(12)10-8-3-4-9(5-8)11(10)7(2)13;1-6(3,4)5-2/h3-4,8-11H,5H2,1-2H3;2H2,1H3. The van der Waals surface area contributed by atoms with Crippen LogP contribution in [0.2, 0.25) is 0 Å². The van der Waals surface area contributed by atoms with Gasteiger partial charge in [-0.25, -0.2) is 0 Å². The van der Waals surface area contributed by atoms with Crippen molar-refractivity contribution in [1.29, 1.82) is 0 Å². The molecule has 2 aliphatic carbocycles. The minimum Gasteiger partial charge on any atom is -0.300 e. The van der Waals surface area contributed by atoms with Gasteiger partial charge in [0.15, 0.2) is 0 Å². The average molecular weight is 289 g/mol. The van der Waals surface area contributed by atoms with Crippen molar-refractivity contribution < 1.29 is 22.3 Å². The first-order valence-corrected chi connectivity index (χ1v) is 7.76. The van der Waals surface area contributed by atoms with Gasteiger partial charge in [0.25, 0.3) is 10.1 Å². The summed E-state index contributed by atoms with van der Waals surface area (Å²) in [5.41, 5.74) is 0. The molecule has 108 valence electrons. The fourth-order valence-corrected chi connectivity index (χ4v) is 2.93. The van der Waals surface area contributed by atoms with E-state index in [4.69, 9.17) is 0 Å². The molecule has 2 rings (SSSR count). The van der Waals surface area contributed by atoms with E-state index in [0.717, 1.165) is 12.7 Å². The molecular weight excluding hydrogens is 270 g/mol. The largest absolute Gasteiger partial charge is 0.300 e. The molecule has 1 fully saturated rings. The summed E-state index contributed by atoms with van der Waals surface area (Å²) in [5.74, 6) is 5.22. The van der Waals surface area contributed by atoms with E-state index in [9.17, 15) is 18.0 Å². The second-order valence-corrected chi connectivity index (χ2v) is 6.62. The molecule has 4 unspecified atom stereocenters. The van der Waals surface area contributed by atoms with Crippen LogP contribution in [0.1, 0.15) is 20.3 Å². The first kappa shape index (κ1) is 16.0. The van der Waals surface area contributed by atoms with E-state index in [1.165, 1.54) is 0 Å². The Balaban J connectivity index is 0.000000258. The van der Waals surface area contributed by atoms with Crippen LogP contribution in [0.4, 0.5) is 0 Å². The Morgan fingerprint density at radius 1 is 1.11 bits per heavy atom. The van der Waals surface area contributed by atoms with E-state index in [1.54, 1.807) is 13.8 Å². The lowest BCUT2D eigenvalue weighted by molar-refractivity contribution is -0.130. The van der Waals surface area contributed by atoms with Crippen molar-refractivity contribution in [3.8, 4) is 0 Å². The Bertz CT molecular complexity index is 468. The van der Waals surface area contributed by atoms with Gasteiger partial charge in [-0.3, -0.25) is 9.59 Å². The number of carbonyl (C=O) groups is 2. The molecule has 0 spiro atoms. The van der Waals surface area contributed by atoms with Crippen molar-refractivity contribution in [3.05, 3.63) is 12.2 Å². The summed E-state index contributed by atoms with van der Waals surface area (Å²) >= 11 is 0. The zero-order valence-electron chi connectivity index (χ0n) is 11.2. The molecule has 0 saturated heterocycles. The summed E-state index contributed by atoms with van der Waals surface area (Å²) in [5, 5.41) is 0. The van der Waals surface area contributed by atoms with Crippen molar-refractivity contribution in [2.45, 2.75) is 20.3 Å².